The summed E-state index contributed by atoms with van der Waals surface area (Å²) in [4.78, 5) is 12.3. The molecule has 0 saturated heterocycles. The van der Waals surface area contributed by atoms with Crippen molar-refractivity contribution in [2.75, 3.05) is 0 Å². The van der Waals surface area contributed by atoms with E-state index in [9.17, 15) is 9.90 Å². The summed E-state index contributed by atoms with van der Waals surface area (Å²) in [6.07, 6.45) is 0. The third-order valence-corrected chi connectivity index (χ3v) is 3.72. The molecule has 1 N–H and O–H groups in total. The van der Waals surface area contributed by atoms with Gasteiger partial charge in [-0.2, -0.15) is 0 Å². The van der Waals surface area contributed by atoms with Gasteiger partial charge in [0.25, 0.3) is 0 Å². The first-order chi connectivity index (χ1) is 8.58. The van der Waals surface area contributed by atoms with Gasteiger partial charge < -0.3 is 9.84 Å². The molecule has 0 fully saturated rings. The van der Waals surface area contributed by atoms with Gasteiger partial charge in [-0.05, 0) is 36.1 Å². The number of carbonyl (C=O) groups is 1. The molecule has 0 aliphatic carbocycles. The maximum atomic E-state index is 11.2. The molecule has 0 atom stereocenters. The Hall–Kier alpha value is -1.33. The van der Waals surface area contributed by atoms with Crippen LogP contribution in [0.15, 0.2) is 34.1 Å². The molecule has 5 heteroatoms. The molecule has 0 aliphatic rings. The highest BCUT2D eigenvalue weighted by molar-refractivity contribution is 9.10. The van der Waals surface area contributed by atoms with Gasteiger partial charge in [0.1, 0.15) is 17.9 Å². The molecule has 0 spiro atoms. The quantitative estimate of drug-likeness (QED) is 0.920. The summed E-state index contributed by atoms with van der Waals surface area (Å²) in [5.41, 5.74) is 0.983. The van der Waals surface area contributed by atoms with E-state index in [1.54, 1.807) is 17.4 Å². The number of ether oxygens (including phenoxy) is 1. The highest BCUT2D eigenvalue weighted by Crippen LogP contribution is 2.29. The molecule has 1 aromatic carbocycles. The van der Waals surface area contributed by atoms with E-state index in [4.69, 9.17) is 4.74 Å². The van der Waals surface area contributed by atoms with Crippen molar-refractivity contribution in [3.05, 3.63) is 50.1 Å². The summed E-state index contributed by atoms with van der Waals surface area (Å²) in [6.45, 7) is 2.22. The van der Waals surface area contributed by atoms with Crippen molar-refractivity contribution >= 4 is 33.2 Å². The maximum absolute atomic E-state index is 11.2. The van der Waals surface area contributed by atoms with Crippen molar-refractivity contribution in [1.82, 2.24) is 0 Å². The lowest BCUT2D eigenvalue weighted by Gasteiger charge is -2.12. The zero-order chi connectivity index (χ0) is 13.1. The van der Waals surface area contributed by atoms with Crippen molar-refractivity contribution in [3.63, 3.8) is 0 Å². The second kappa shape index (κ2) is 5.54. The van der Waals surface area contributed by atoms with E-state index in [1.807, 2.05) is 30.5 Å². The fourth-order valence-corrected chi connectivity index (χ4v) is 2.81. The Morgan fingerprint density at radius 1 is 1.50 bits per heavy atom. The van der Waals surface area contributed by atoms with Gasteiger partial charge in [-0.15, -0.1) is 11.3 Å². The average Bonchev–Trinajstić information content (AvgIpc) is 2.79. The van der Waals surface area contributed by atoms with Gasteiger partial charge >= 0.3 is 5.97 Å². The van der Waals surface area contributed by atoms with Crippen LogP contribution in [0.3, 0.4) is 0 Å². The molecular weight excluding hydrogens is 316 g/mol. The molecule has 1 aromatic heterocycles. The van der Waals surface area contributed by atoms with Gasteiger partial charge in [-0.3, -0.25) is 0 Å². The number of halogens is 1. The van der Waals surface area contributed by atoms with Crippen molar-refractivity contribution in [3.8, 4) is 5.75 Å². The van der Waals surface area contributed by atoms with Crippen LogP contribution in [-0.4, -0.2) is 11.1 Å². The van der Waals surface area contributed by atoms with Crippen molar-refractivity contribution in [2.24, 2.45) is 0 Å². The van der Waals surface area contributed by atoms with E-state index in [2.05, 4.69) is 15.9 Å². The highest BCUT2D eigenvalue weighted by Gasteiger charge is 2.15. The number of hydrogen-bond donors (Lipinski definition) is 1. The maximum Gasteiger partial charge on any atom is 0.339 e. The van der Waals surface area contributed by atoms with E-state index in [0.29, 0.717) is 12.4 Å². The molecule has 0 radical (unpaired) electrons. The first kappa shape index (κ1) is 13.1. The van der Waals surface area contributed by atoms with Crippen LogP contribution < -0.4 is 4.74 Å². The van der Waals surface area contributed by atoms with E-state index in [0.717, 1.165) is 14.9 Å². The number of carboxylic acids is 1. The summed E-state index contributed by atoms with van der Waals surface area (Å²) < 4.78 is 6.37. The molecule has 0 saturated carbocycles. The lowest BCUT2D eigenvalue weighted by atomic mass is 10.1. The van der Waals surface area contributed by atoms with Gasteiger partial charge in [0.2, 0.25) is 0 Å². The fraction of sp³-hybridized carbons (Fsp3) is 0.154. The standard InChI is InChI=1S/C13H11BrO3S/c1-8-5-9(14)6-11(13(15)16)12(8)17-7-10-3-2-4-18-10/h2-6H,7H2,1H3,(H,15,16). The Morgan fingerprint density at radius 2 is 2.28 bits per heavy atom. The highest BCUT2D eigenvalue weighted by atomic mass is 79.9. The summed E-state index contributed by atoms with van der Waals surface area (Å²) in [6, 6.07) is 7.30. The Bertz CT molecular complexity index is 564. The summed E-state index contributed by atoms with van der Waals surface area (Å²) in [7, 11) is 0. The normalized spacial score (nSPS) is 10.3. The predicted octanol–water partition coefficient (Wildman–Crippen LogP) is 4.10. The molecule has 3 nitrogen and oxygen atoms in total. The summed E-state index contributed by atoms with van der Waals surface area (Å²) >= 11 is 4.87. The van der Waals surface area contributed by atoms with Gasteiger partial charge in [0.15, 0.2) is 0 Å². The Balaban J connectivity index is 2.28. The van der Waals surface area contributed by atoms with Crippen LogP contribution in [0.2, 0.25) is 0 Å². The first-order valence-corrected chi connectivity index (χ1v) is 6.94. The first-order valence-electron chi connectivity index (χ1n) is 5.26. The van der Waals surface area contributed by atoms with Gasteiger partial charge in [0, 0.05) is 9.35 Å². The Kier molecular flexibility index (Phi) is 4.04. The average molecular weight is 327 g/mol. The van der Waals surface area contributed by atoms with Crippen LogP contribution in [0.4, 0.5) is 0 Å². The molecule has 0 bridgehead atoms. The lowest BCUT2D eigenvalue weighted by Crippen LogP contribution is -2.04. The number of thiophene rings is 1. The lowest BCUT2D eigenvalue weighted by molar-refractivity contribution is 0.0691. The SMILES string of the molecule is Cc1cc(Br)cc(C(=O)O)c1OCc1cccs1. The van der Waals surface area contributed by atoms with Crippen molar-refractivity contribution in [2.45, 2.75) is 13.5 Å². The van der Waals surface area contributed by atoms with Crippen LogP contribution in [0.1, 0.15) is 20.8 Å². The molecule has 2 rings (SSSR count). The zero-order valence-corrected chi connectivity index (χ0v) is 12.0. The zero-order valence-electron chi connectivity index (χ0n) is 9.64. The van der Waals surface area contributed by atoms with E-state index in [-0.39, 0.29) is 5.56 Å². The van der Waals surface area contributed by atoms with Crippen molar-refractivity contribution < 1.29 is 14.6 Å². The topological polar surface area (TPSA) is 46.5 Å². The van der Waals surface area contributed by atoms with E-state index < -0.39 is 5.97 Å². The Morgan fingerprint density at radius 3 is 2.89 bits per heavy atom. The van der Waals surface area contributed by atoms with Crippen LogP contribution >= 0.6 is 27.3 Å². The number of carboxylic acid groups (broad SMARTS) is 1. The predicted molar refractivity (Wildman–Crippen MR) is 74.5 cm³/mol. The number of hydrogen-bond acceptors (Lipinski definition) is 3. The number of aryl methyl sites for hydroxylation is 1. The summed E-state index contributed by atoms with van der Waals surface area (Å²) in [5.74, 6) is -0.556. The smallest absolute Gasteiger partial charge is 0.339 e. The third-order valence-electron chi connectivity index (χ3n) is 2.41. The molecule has 94 valence electrons. The second-order valence-corrected chi connectivity index (χ2v) is 5.72. The van der Waals surface area contributed by atoms with E-state index in [1.165, 1.54) is 0 Å². The molecular formula is C13H11BrO3S. The number of aromatic carboxylic acids is 1. The minimum Gasteiger partial charge on any atom is -0.487 e. The molecule has 2 aromatic rings. The van der Waals surface area contributed by atoms with Crippen molar-refractivity contribution in [1.29, 1.82) is 0 Å². The molecule has 0 amide bonds. The van der Waals surface area contributed by atoms with Gasteiger partial charge in [-0.25, -0.2) is 4.79 Å². The van der Waals surface area contributed by atoms with E-state index >= 15 is 0 Å². The number of rotatable bonds is 4. The number of benzene rings is 1. The molecule has 0 aliphatic heterocycles. The molecule has 0 unspecified atom stereocenters. The minimum absolute atomic E-state index is 0.179. The summed E-state index contributed by atoms with van der Waals surface area (Å²) in [5, 5.41) is 11.1. The van der Waals surface area contributed by atoms with Gasteiger partial charge in [0.05, 0.1) is 0 Å². The fourth-order valence-electron chi connectivity index (χ4n) is 1.62. The largest absolute Gasteiger partial charge is 0.487 e. The Labute approximate surface area is 117 Å². The second-order valence-electron chi connectivity index (χ2n) is 3.77. The van der Waals surface area contributed by atoms with Crippen LogP contribution in [0, 0.1) is 6.92 Å². The molecule has 1 heterocycles. The third kappa shape index (κ3) is 2.91. The van der Waals surface area contributed by atoms with Crippen LogP contribution in [0.25, 0.3) is 0 Å². The molecule has 18 heavy (non-hydrogen) atoms. The monoisotopic (exact) mass is 326 g/mol. The van der Waals surface area contributed by atoms with Crippen LogP contribution in [-0.2, 0) is 6.61 Å². The van der Waals surface area contributed by atoms with Crippen LogP contribution in [0.5, 0.6) is 5.75 Å². The minimum atomic E-state index is -0.986. The van der Waals surface area contributed by atoms with Gasteiger partial charge in [-0.1, -0.05) is 22.0 Å².